The molecule has 3 nitrogen and oxygen atoms in total. The van der Waals surface area contributed by atoms with Crippen LogP contribution in [-0.4, -0.2) is 10.5 Å². The molecule has 0 radical (unpaired) electrons. The summed E-state index contributed by atoms with van der Waals surface area (Å²) in [7, 11) is 0. The van der Waals surface area contributed by atoms with Gasteiger partial charge in [-0.3, -0.25) is 4.79 Å². The van der Waals surface area contributed by atoms with Crippen LogP contribution in [0.4, 0.5) is 0 Å². The highest BCUT2D eigenvalue weighted by Crippen LogP contribution is 2.07. The summed E-state index contributed by atoms with van der Waals surface area (Å²) in [6.45, 7) is 0.145. The fourth-order valence-electron chi connectivity index (χ4n) is 0.689. The second-order valence-electron chi connectivity index (χ2n) is 1.93. The lowest BCUT2D eigenvalue weighted by molar-refractivity contribution is -0.118. The lowest BCUT2D eigenvalue weighted by Gasteiger charge is -1.98. The molecule has 0 spiro atoms. The van der Waals surface area contributed by atoms with E-state index in [1.54, 1.807) is 22.9 Å². The summed E-state index contributed by atoms with van der Waals surface area (Å²) in [6, 6.07) is 3.45. The Balaban J connectivity index is 2.74. The molecule has 0 unspecified atom stereocenters. The molecule has 54 valence electrons. The highest BCUT2D eigenvalue weighted by atomic mass is 35.5. The number of carbonyl (C=O) groups excluding carboxylic acids is 1. The average Bonchev–Trinajstić information content (AvgIpc) is 2.15. The van der Waals surface area contributed by atoms with Gasteiger partial charge in [0, 0.05) is 6.20 Å². The van der Waals surface area contributed by atoms with Crippen molar-refractivity contribution in [2.24, 2.45) is 5.73 Å². The van der Waals surface area contributed by atoms with E-state index in [0.717, 1.165) is 0 Å². The minimum atomic E-state index is -0.391. The van der Waals surface area contributed by atoms with E-state index in [4.69, 9.17) is 17.3 Å². The molecule has 1 heterocycles. The Morgan fingerprint density at radius 2 is 2.50 bits per heavy atom. The Morgan fingerprint density at radius 3 is 2.90 bits per heavy atom. The molecule has 2 N–H and O–H groups in total. The predicted octanol–water partition coefficient (Wildman–Crippen LogP) is 0.627. The summed E-state index contributed by atoms with van der Waals surface area (Å²) in [5, 5.41) is 0.527. The number of amides is 1. The fourth-order valence-corrected chi connectivity index (χ4v) is 0.878. The first-order valence-electron chi connectivity index (χ1n) is 2.79. The molecule has 0 aliphatic rings. The zero-order valence-electron chi connectivity index (χ0n) is 5.25. The summed E-state index contributed by atoms with van der Waals surface area (Å²) in [4.78, 5) is 10.4. The lowest BCUT2D eigenvalue weighted by Crippen LogP contribution is -2.17. The van der Waals surface area contributed by atoms with Crippen LogP contribution in [0.25, 0.3) is 0 Å². The molecule has 0 aromatic carbocycles. The van der Waals surface area contributed by atoms with E-state index in [1.165, 1.54) is 0 Å². The van der Waals surface area contributed by atoms with Gasteiger partial charge < -0.3 is 10.3 Å². The third-order valence-electron chi connectivity index (χ3n) is 1.10. The topological polar surface area (TPSA) is 48.0 Å². The summed E-state index contributed by atoms with van der Waals surface area (Å²) in [5.41, 5.74) is 4.93. The van der Waals surface area contributed by atoms with Crippen molar-refractivity contribution in [2.45, 2.75) is 6.54 Å². The molecule has 1 rings (SSSR count). The van der Waals surface area contributed by atoms with Crippen LogP contribution in [0, 0.1) is 0 Å². The van der Waals surface area contributed by atoms with Gasteiger partial charge in [0.25, 0.3) is 0 Å². The Hall–Kier alpha value is -0.960. The number of aromatic nitrogens is 1. The number of hydrogen-bond acceptors (Lipinski definition) is 1. The van der Waals surface area contributed by atoms with Gasteiger partial charge in [-0.25, -0.2) is 0 Å². The number of halogens is 1. The van der Waals surface area contributed by atoms with Crippen molar-refractivity contribution in [3.8, 4) is 0 Å². The molecule has 1 aromatic rings. The van der Waals surface area contributed by atoms with Crippen molar-refractivity contribution in [1.82, 2.24) is 4.57 Å². The lowest BCUT2D eigenvalue weighted by atomic mass is 10.6. The number of carbonyl (C=O) groups is 1. The quantitative estimate of drug-likeness (QED) is 0.674. The molecule has 0 aliphatic carbocycles. The fraction of sp³-hybridized carbons (Fsp3) is 0.167. The van der Waals surface area contributed by atoms with Crippen LogP contribution in [0.5, 0.6) is 0 Å². The largest absolute Gasteiger partial charge is 0.368 e. The summed E-state index contributed by atoms with van der Waals surface area (Å²) >= 11 is 5.64. The number of nitrogens with zero attached hydrogens (tertiary/aromatic N) is 1. The SMILES string of the molecule is NC(=O)Cn1cccc1Cl. The summed E-state index contributed by atoms with van der Waals surface area (Å²) in [5.74, 6) is -0.391. The van der Waals surface area contributed by atoms with E-state index in [-0.39, 0.29) is 6.54 Å². The van der Waals surface area contributed by atoms with E-state index >= 15 is 0 Å². The minimum absolute atomic E-state index is 0.145. The van der Waals surface area contributed by atoms with Crippen LogP contribution in [0.2, 0.25) is 5.15 Å². The highest BCUT2D eigenvalue weighted by Gasteiger charge is 1.98. The number of primary amides is 1. The first-order valence-corrected chi connectivity index (χ1v) is 3.17. The van der Waals surface area contributed by atoms with Crippen molar-refractivity contribution in [3.63, 3.8) is 0 Å². The molecule has 0 aliphatic heterocycles. The maximum Gasteiger partial charge on any atom is 0.237 e. The molecular formula is C6H7ClN2O. The van der Waals surface area contributed by atoms with Crippen LogP contribution in [-0.2, 0) is 11.3 Å². The molecule has 0 atom stereocenters. The molecule has 0 bridgehead atoms. The minimum Gasteiger partial charge on any atom is -0.368 e. The Morgan fingerprint density at radius 1 is 1.80 bits per heavy atom. The van der Waals surface area contributed by atoms with Gasteiger partial charge in [-0.2, -0.15) is 0 Å². The molecule has 0 fully saturated rings. The van der Waals surface area contributed by atoms with Gasteiger partial charge in [0.1, 0.15) is 11.7 Å². The third kappa shape index (κ3) is 1.51. The van der Waals surface area contributed by atoms with Crippen molar-refractivity contribution < 1.29 is 4.79 Å². The van der Waals surface area contributed by atoms with E-state index in [2.05, 4.69) is 0 Å². The van der Waals surface area contributed by atoms with Crippen LogP contribution in [0.15, 0.2) is 18.3 Å². The molecule has 1 aromatic heterocycles. The number of nitrogens with two attached hydrogens (primary N) is 1. The van der Waals surface area contributed by atoms with Gasteiger partial charge in [0.2, 0.25) is 5.91 Å². The molecule has 1 amide bonds. The zero-order valence-corrected chi connectivity index (χ0v) is 6.01. The first-order chi connectivity index (χ1) is 4.70. The normalized spacial score (nSPS) is 9.70. The predicted molar refractivity (Wildman–Crippen MR) is 38.6 cm³/mol. The molecule has 10 heavy (non-hydrogen) atoms. The molecule has 0 saturated carbocycles. The summed E-state index contributed by atoms with van der Waals surface area (Å²) < 4.78 is 1.57. The van der Waals surface area contributed by atoms with Crippen molar-refractivity contribution >= 4 is 17.5 Å². The molecule has 4 heteroatoms. The van der Waals surface area contributed by atoms with Crippen LogP contribution in [0.3, 0.4) is 0 Å². The smallest absolute Gasteiger partial charge is 0.237 e. The Kier molecular flexibility index (Phi) is 1.97. The van der Waals surface area contributed by atoms with Crippen LogP contribution >= 0.6 is 11.6 Å². The Bertz CT molecular complexity index is 244. The zero-order chi connectivity index (χ0) is 7.56. The second kappa shape index (κ2) is 2.75. The standard InChI is InChI=1S/C6H7ClN2O/c7-5-2-1-3-9(5)4-6(8)10/h1-3H,4H2,(H2,8,10). The van der Waals surface area contributed by atoms with Gasteiger partial charge in [-0.15, -0.1) is 0 Å². The molecular weight excluding hydrogens is 152 g/mol. The Labute approximate surface area is 63.4 Å². The maximum atomic E-state index is 10.4. The third-order valence-corrected chi connectivity index (χ3v) is 1.44. The van der Waals surface area contributed by atoms with Crippen LogP contribution < -0.4 is 5.73 Å². The summed E-state index contributed by atoms with van der Waals surface area (Å²) in [6.07, 6.45) is 1.70. The monoisotopic (exact) mass is 158 g/mol. The highest BCUT2D eigenvalue weighted by molar-refractivity contribution is 6.29. The van der Waals surface area contributed by atoms with Gasteiger partial charge >= 0.3 is 0 Å². The molecule has 0 saturated heterocycles. The number of hydrogen-bond donors (Lipinski definition) is 1. The van der Waals surface area contributed by atoms with E-state index < -0.39 is 5.91 Å². The van der Waals surface area contributed by atoms with Gasteiger partial charge in [-0.05, 0) is 12.1 Å². The van der Waals surface area contributed by atoms with Crippen LogP contribution in [0.1, 0.15) is 0 Å². The average molecular weight is 159 g/mol. The van der Waals surface area contributed by atoms with Gasteiger partial charge in [0.15, 0.2) is 0 Å². The van der Waals surface area contributed by atoms with Gasteiger partial charge in [0.05, 0.1) is 0 Å². The van der Waals surface area contributed by atoms with Gasteiger partial charge in [-0.1, -0.05) is 11.6 Å². The van der Waals surface area contributed by atoms with Crippen molar-refractivity contribution in [2.75, 3.05) is 0 Å². The number of rotatable bonds is 2. The van der Waals surface area contributed by atoms with Crippen molar-refractivity contribution in [3.05, 3.63) is 23.5 Å². The second-order valence-corrected chi connectivity index (χ2v) is 2.31. The first kappa shape index (κ1) is 7.15. The van der Waals surface area contributed by atoms with E-state index in [9.17, 15) is 4.79 Å². The van der Waals surface area contributed by atoms with E-state index in [1.807, 2.05) is 0 Å². The van der Waals surface area contributed by atoms with E-state index in [0.29, 0.717) is 5.15 Å². The van der Waals surface area contributed by atoms with Crippen molar-refractivity contribution in [1.29, 1.82) is 0 Å². The maximum absolute atomic E-state index is 10.4.